The highest BCUT2D eigenvalue weighted by Gasteiger charge is 2.08. The van der Waals surface area contributed by atoms with Crippen LogP contribution in [0.5, 0.6) is 11.6 Å². The van der Waals surface area contributed by atoms with Gasteiger partial charge in [0.2, 0.25) is 5.88 Å². The lowest BCUT2D eigenvalue weighted by Gasteiger charge is -2.12. The highest BCUT2D eigenvalue weighted by molar-refractivity contribution is 9.11. The number of rotatable bonds is 6. The van der Waals surface area contributed by atoms with Gasteiger partial charge in [-0.05, 0) is 62.5 Å². The van der Waals surface area contributed by atoms with Gasteiger partial charge in [-0.1, -0.05) is 0 Å². The Bertz CT molecular complexity index is 580. The maximum atomic E-state index is 5.57. The Labute approximate surface area is 141 Å². The highest BCUT2D eigenvalue weighted by atomic mass is 79.9. The van der Waals surface area contributed by atoms with Crippen molar-refractivity contribution >= 4 is 37.5 Å². The van der Waals surface area contributed by atoms with Gasteiger partial charge in [-0.15, -0.1) is 0 Å². The van der Waals surface area contributed by atoms with E-state index in [4.69, 9.17) is 9.47 Å². The van der Waals surface area contributed by atoms with Gasteiger partial charge in [0.25, 0.3) is 0 Å². The smallest absolute Gasteiger partial charge is 0.213 e. The van der Waals surface area contributed by atoms with Crippen LogP contribution in [0.4, 0.5) is 5.69 Å². The number of benzene rings is 1. The number of anilines is 1. The van der Waals surface area contributed by atoms with Crippen LogP contribution >= 0.6 is 31.9 Å². The maximum absolute atomic E-state index is 5.57. The van der Waals surface area contributed by atoms with Crippen molar-refractivity contribution in [2.24, 2.45) is 0 Å². The van der Waals surface area contributed by atoms with Gasteiger partial charge in [-0.2, -0.15) is 0 Å². The Balaban J connectivity index is 2.05. The summed E-state index contributed by atoms with van der Waals surface area (Å²) in [4.78, 5) is 4.16. The molecule has 0 aliphatic heterocycles. The number of hydrogen-bond donors (Lipinski definition) is 1. The molecule has 0 saturated heterocycles. The molecule has 0 unspecified atom stereocenters. The Morgan fingerprint density at radius 1 is 1.19 bits per heavy atom. The second-order valence-corrected chi connectivity index (χ2v) is 5.97. The van der Waals surface area contributed by atoms with Crippen molar-refractivity contribution in [1.82, 2.24) is 4.98 Å². The lowest BCUT2D eigenvalue weighted by Crippen LogP contribution is -2.01. The van der Waals surface area contributed by atoms with E-state index in [0.29, 0.717) is 19.0 Å². The zero-order valence-electron chi connectivity index (χ0n) is 11.8. The minimum absolute atomic E-state index is 0.604. The van der Waals surface area contributed by atoms with E-state index in [-0.39, 0.29) is 0 Å². The molecule has 0 radical (unpaired) electrons. The van der Waals surface area contributed by atoms with Gasteiger partial charge in [-0.3, -0.25) is 0 Å². The molecule has 0 fully saturated rings. The molecule has 2 rings (SSSR count). The molecule has 1 aromatic carbocycles. The van der Waals surface area contributed by atoms with Crippen LogP contribution in [-0.4, -0.2) is 18.7 Å². The van der Waals surface area contributed by atoms with Crippen LogP contribution in [0.2, 0.25) is 0 Å². The summed E-state index contributed by atoms with van der Waals surface area (Å²) in [6.45, 7) is 3.29. The van der Waals surface area contributed by atoms with E-state index in [9.17, 15) is 0 Å². The first-order valence-corrected chi connectivity index (χ1v) is 8.07. The van der Waals surface area contributed by atoms with Crippen molar-refractivity contribution in [3.8, 4) is 11.6 Å². The standard InChI is InChI=1S/C15H16Br2N2O2/c1-3-21-15-12(16)6-10(7-13(15)17)8-18-11-4-5-14(20-2)19-9-11/h4-7,9,18H,3,8H2,1-2H3. The molecule has 0 spiro atoms. The Morgan fingerprint density at radius 2 is 1.90 bits per heavy atom. The molecule has 6 heteroatoms. The molecule has 0 atom stereocenters. The number of aromatic nitrogens is 1. The summed E-state index contributed by atoms with van der Waals surface area (Å²) in [7, 11) is 1.60. The third-order valence-corrected chi connectivity index (χ3v) is 3.97. The van der Waals surface area contributed by atoms with Gasteiger partial charge in [0, 0.05) is 12.6 Å². The third kappa shape index (κ3) is 4.35. The van der Waals surface area contributed by atoms with E-state index in [1.807, 2.05) is 31.2 Å². The number of methoxy groups -OCH3 is 1. The quantitative estimate of drug-likeness (QED) is 0.747. The van der Waals surface area contributed by atoms with Gasteiger partial charge in [-0.25, -0.2) is 4.98 Å². The molecule has 0 aliphatic carbocycles. The van der Waals surface area contributed by atoms with Crippen LogP contribution in [0, 0.1) is 0 Å². The SMILES string of the molecule is CCOc1c(Br)cc(CNc2ccc(OC)nc2)cc1Br. The van der Waals surface area contributed by atoms with E-state index in [0.717, 1.165) is 25.9 Å². The van der Waals surface area contributed by atoms with E-state index in [2.05, 4.69) is 42.2 Å². The molecule has 1 heterocycles. The number of pyridine rings is 1. The minimum atomic E-state index is 0.604. The molecule has 112 valence electrons. The van der Waals surface area contributed by atoms with Gasteiger partial charge >= 0.3 is 0 Å². The Hall–Kier alpha value is -1.27. The summed E-state index contributed by atoms with van der Waals surface area (Å²) in [6, 6.07) is 7.84. The van der Waals surface area contributed by atoms with Crippen LogP contribution in [0.15, 0.2) is 39.4 Å². The molecule has 0 bridgehead atoms. The predicted molar refractivity (Wildman–Crippen MR) is 91.1 cm³/mol. The van der Waals surface area contributed by atoms with Gasteiger partial charge in [0.1, 0.15) is 5.75 Å². The van der Waals surface area contributed by atoms with Crippen LogP contribution in [0.3, 0.4) is 0 Å². The highest BCUT2D eigenvalue weighted by Crippen LogP contribution is 2.35. The number of nitrogens with one attached hydrogen (secondary N) is 1. The molecule has 4 nitrogen and oxygen atoms in total. The topological polar surface area (TPSA) is 43.4 Å². The zero-order chi connectivity index (χ0) is 15.2. The summed E-state index contributed by atoms with van der Waals surface area (Å²) >= 11 is 7.06. The lowest BCUT2D eigenvalue weighted by molar-refractivity contribution is 0.336. The largest absolute Gasteiger partial charge is 0.492 e. The average Bonchev–Trinajstić information content (AvgIpc) is 2.49. The molecular formula is C15H16Br2N2O2. The first-order valence-electron chi connectivity index (χ1n) is 6.48. The van der Waals surface area contributed by atoms with Gasteiger partial charge in [0.15, 0.2) is 0 Å². The monoisotopic (exact) mass is 414 g/mol. The fourth-order valence-electron chi connectivity index (χ4n) is 1.81. The average molecular weight is 416 g/mol. The summed E-state index contributed by atoms with van der Waals surface area (Å²) in [5, 5.41) is 3.32. The molecule has 1 aromatic heterocycles. The van der Waals surface area contributed by atoms with Crippen LogP contribution in [-0.2, 0) is 6.54 Å². The van der Waals surface area contributed by atoms with Crippen molar-refractivity contribution in [1.29, 1.82) is 0 Å². The zero-order valence-corrected chi connectivity index (χ0v) is 15.0. The number of hydrogen-bond acceptors (Lipinski definition) is 4. The second-order valence-electron chi connectivity index (χ2n) is 4.26. The van der Waals surface area contributed by atoms with Crippen molar-refractivity contribution in [3.05, 3.63) is 45.0 Å². The Morgan fingerprint density at radius 3 is 2.43 bits per heavy atom. The maximum Gasteiger partial charge on any atom is 0.213 e. The van der Waals surface area contributed by atoms with Crippen molar-refractivity contribution in [3.63, 3.8) is 0 Å². The summed E-state index contributed by atoms with van der Waals surface area (Å²) < 4.78 is 12.5. The molecule has 0 aliphatic rings. The van der Waals surface area contributed by atoms with Crippen LogP contribution < -0.4 is 14.8 Å². The van der Waals surface area contributed by atoms with Gasteiger partial charge in [0.05, 0.1) is 34.5 Å². The number of halogens is 2. The molecule has 0 saturated carbocycles. The molecular weight excluding hydrogens is 400 g/mol. The fourth-order valence-corrected chi connectivity index (χ4v) is 3.32. The lowest BCUT2D eigenvalue weighted by atomic mass is 10.2. The normalized spacial score (nSPS) is 10.3. The van der Waals surface area contributed by atoms with E-state index in [1.54, 1.807) is 13.3 Å². The summed E-state index contributed by atoms with van der Waals surface area (Å²) in [5.74, 6) is 1.43. The first kappa shape index (κ1) is 16.1. The van der Waals surface area contributed by atoms with E-state index >= 15 is 0 Å². The van der Waals surface area contributed by atoms with Crippen LogP contribution in [0.25, 0.3) is 0 Å². The first-order chi connectivity index (χ1) is 10.1. The number of nitrogens with zero attached hydrogens (tertiary/aromatic N) is 1. The van der Waals surface area contributed by atoms with E-state index < -0.39 is 0 Å². The Kier molecular flexibility index (Phi) is 5.87. The summed E-state index contributed by atoms with van der Waals surface area (Å²) in [6.07, 6.45) is 1.75. The van der Waals surface area contributed by atoms with E-state index in [1.165, 1.54) is 0 Å². The van der Waals surface area contributed by atoms with Crippen molar-refractivity contribution < 1.29 is 9.47 Å². The minimum Gasteiger partial charge on any atom is -0.492 e. The molecule has 1 N–H and O–H groups in total. The second kappa shape index (κ2) is 7.66. The molecule has 2 aromatic rings. The summed E-state index contributed by atoms with van der Waals surface area (Å²) in [5.41, 5.74) is 2.07. The third-order valence-electron chi connectivity index (χ3n) is 2.79. The van der Waals surface area contributed by atoms with Crippen molar-refractivity contribution in [2.75, 3.05) is 19.0 Å². The van der Waals surface area contributed by atoms with Crippen molar-refractivity contribution in [2.45, 2.75) is 13.5 Å². The molecule has 0 amide bonds. The predicted octanol–water partition coefficient (Wildman–Crippen LogP) is 4.63. The van der Waals surface area contributed by atoms with Gasteiger partial charge < -0.3 is 14.8 Å². The fraction of sp³-hybridized carbons (Fsp3) is 0.267. The number of ether oxygens (including phenoxy) is 2. The molecule has 21 heavy (non-hydrogen) atoms. The van der Waals surface area contributed by atoms with Crippen LogP contribution in [0.1, 0.15) is 12.5 Å².